The van der Waals surface area contributed by atoms with E-state index in [1.54, 1.807) is 18.7 Å². The first kappa shape index (κ1) is 11.6. The van der Waals surface area contributed by atoms with Crippen LogP contribution < -0.4 is 0 Å². The van der Waals surface area contributed by atoms with Crippen LogP contribution in [-0.2, 0) is 4.79 Å². The standard InChI is InChI=1S/C9H13N3O/c1-3-9(13)8(2)12(6-4-10)7-5-11/h8H,3,6-7H2,1-2H3. The van der Waals surface area contributed by atoms with Crippen LogP contribution in [0.5, 0.6) is 0 Å². The molecule has 0 aliphatic carbocycles. The Bertz CT molecular complexity index is 233. The molecular formula is C9H13N3O. The summed E-state index contributed by atoms with van der Waals surface area (Å²) in [7, 11) is 0. The van der Waals surface area contributed by atoms with Crippen molar-refractivity contribution in [2.45, 2.75) is 26.3 Å². The average molecular weight is 179 g/mol. The smallest absolute Gasteiger partial charge is 0.149 e. The highest BCUT2D eigenvalue weighted by atomic mass is 16.1. The zero-order chi connectivity index (χ0) is 10.3. The van der Waals surface area contributed by atoms with E-state index in [0.29, 0.717) is 6.42 Å². The van der Waals surface area contributed by atoms with Gasteiger partial charge in [-0.1, -0.05) is 6.92 Å². The highest BCUT2D eigenvalue weighted by Crippen LogP contribution is 2.01. The Morgan fingerprint density at radius 1 is 1.38 bits per heavy atom. The number of carbonyl (C=O) groups excluding carboxylic acids is 1. The Labute approximate surface area is 78.4 Å². The first-order valence-electron chi connectivity index (χ1n) is 4.18. The SMILES string of the molecule is CCC(=O)C(C)N(CC#N)CC#N. The molecular weight excluding hydrogens is 166 g/mol. The van der Waals surface area contributed by atoms with Gasteiger partial charge in [-0.15, -0.1) is 0 Å². The van der Waals surface area contributed by atoms with E-state index in [4.69, 9.17) is 10.5 Å². The van der Waals surface area contributed by atoms with E-state index in [0.717, 1.165) is 0 Å². The molecule has 0 radical (unpaired) electrons. The summed E-state index contributed by atoms with van der Waals surface area (Å²) in [6.45, 7) is 3.75. The van der Waals surface area contributed by atoms with Crippen molar-refractivity contribution in [1.29, 1.82) is 10.5 Å². The van der Waals surface area contributed by atoms with E-state index in [1.165, 1.54) is 0 Å². The van der Waals surface area contributed by atoms with E-state index in [2.05, 4.69) is 0 Å². The minimum Gasteiger partial charge on any atom is -0.298 e. The molecule has 13 heavy (non-hydrogen) atoms. The van der Waals surface area contributed by atoms with Crippen LogP contribution in [0.25, 0.3) is 0 Å². The number of nitriles is 2. The molecule has 0 saturated heterocycles. The van der Waals surface area contributed by atoms with Gasteiger partial charge in [0.05, 0.1) is 31.3 Å². The van der Waals surface area contributed by atoms with E-state index in [1.807, 2.05) is 12.1 Å². The summed E-state index contributed by atoms with van der Waals surface area (Å²) in [6.07, 6.45) is 0.439. The number of carbonyl (C=O) groups is 1. The fraction of sp³-hybridized carbons (Fsp3) is 0.667. The molecule has 1 atom stereocenters. The van der Waals surface area contributed by atoms with Crippen LogP contribution in [0.15, 0.2) is 0 Å². The van der Waals surface area contributed by atoms with Gasteiger partial charge in [-0.3, -0.25) is 9.69 Å². The molecule has 0 rings (SSSR count). The van der Waals surface area contributed by atoms with Gasteiger partial charge >= 0.3 is 0 Å². The number of Topliss-reactive ketones (excluding diaryl/α,β-unsaturated/α-hetero) is 1. The Hall–Kier alpha value is -1.39. The van der Waals surface area contributed by atoms with Crippen LogP contribution >= 0.6 is 0 Å². The summed E-state index contributed by atoms with van der Waals surface area (Å²) in [5.74, 6) is 0.0606. The van der Waals surface area contributed by atoms with Crippen molar-refractivity contribution in [2.24, 2.45) is 0 Å². The highest BCUT2D eigenvalue weighted by Gasteiger charge is 2.18. The van der Waals surface area contributed by atoms with Gasteiger partial charge in [0.15, 0.2) is 0 Å². The number of nitrogens with zero attached hydrogens (tertiary/aromatic N) is 3. The summed E-state index contributed by atoms with van der Waals surface area (Å²) in [5.41, 5.74) is 0. The summed E-state index contributed by atoms with van der Waals surface area (Å²) in [4.78, 5) is 12.8. The second-order valence-corrected chi connectivity index (χ2v) is 2.72. The van der Waals surface area contributed by atoms with Gasteiger partial charge in [0.1, 0.15) is 5.78 Å². The van der Waals surface area contributed by atoms with Crippen LogP contribution in [0.1, 0.15) is 20.3 Å². The van der Waals surface area contributed by atoms with Crippen LogP contribution in [0.2, 0.25) is 0 Å². The second kappa shape index (κ2) is 6.16. The van der Waals surface area contributed by atoms with Crippen molar-refractivity contribution in [3.05, 3.63) is 0 Å². The predicted molar refractivity (Wildman–Crippen MR) is 47.6 cm³/mol. The fourth-order valence-electron chi connectivity index (χ4n) is 1.01. The third-order valence-corrected chi connectivity index (χ3v) is 1.91. The van der Waals surface area contributed by atoms with Crippen molar-refractivity contribution in [1.82, 2.24) is 4.90 Å². The number of rotatable bonds is 5. The molecule has 4 nitrogen and oxygen atoms in total. The third kappa shape index (κ3) is 3.68. The lowest BCUT2D eigenvalue weighted by Gasteiger charge is -2.21. The lowest BCUT2D eigenvalue weighted by Crippen LogP contribution is -2.39. The molecule has 0 fully saturated rings. The number of hydrogen-bond donors (Lipinski definition) is 0. The quantitative estimate of drug-likeness (QED) is 0.583. The Kier molecular flexibility index (Phi) is 5.50. The lowest BCUT2D eigenvalue weighted by molar-refractivity contribution is -0.123. The van der Waals surface area contributed by atoms with Gasteiger partial charge in [0, 0.05) is 6.42 Å². The van der Waals surface area contributed by atoms with Gasteiger partial charge in [-0.05, 0) is 6.92 Å². The summed E-state index contributed by atoms with van der Waals surface area (Å²) < 4.78 is 0. The van der Waals surface area contributed by atoms with Crippen molar-refractivity contribution in [2.75, 3.05) is 13.1 Å². The van der Waals surface area contributed by atoms with Gasteiger partial charge in [0.25, 0.3) is 0 Å². The van der Waals surface area contributed by atoms with Gasteiger partial charge in [0.2, 0.25) is 0 Å². The van der Waals surface area contributed by atoms with Gasteiger partial charge < -0.3 is 0 Å². The summed E-state index contributed by atoms with van der Waals surface area (Å²) >= 11 is 0. The van der Waals surface area contributed by atoms with E-state index in [9.17, 15) is 4.79 Å². The summed E-state index contributed by atoms with van der Waals surface area (Å²) in [6, 6.07) is 3.54. The van der Waals surface area contributed by atoms with Crippen molar-refractivity contribution in [3.63, 3.8) is 0 Å². The Morgan fingerprint density at radius 2 is 1.85 bits per heavy atom. The molecule has 0 aromatic rings. The van der Waals surface area contributed by atoms with Crippen molar-refractivity contribution in [3.8, 4) is 12.1 Å². The van der Waals surface area contributed by atoms with Crippen LogP contribution in [-0.4, -0.2) is 29.8 Å². The molecule has 0 spiro atoms. The molecule has 0 aromatic carbocycles. The van der Waals surface area contributed by atoms with Crippen molar-refractivity contribution >= 4 is 5.78 Å². The Morgan fingerprint density at radius 3 is 2.15 bits per heavy atom. The largest absolute Gasteiger partial charge is 0.298 e. The molecule has 0 aliphatic rings. The van der Waals surface area contributed by atoms with E-state index >= 15 is 0 Å². The van der Waals surface area contributed by atoms with Gasteiger partial charge in [-0.25, -0.2) is 0 Å². The first-order chi connectivity index (χ1) is 6.17. The van der Waals surface area contributed by atoms with Crippen LogP contribution in [0.3, 0.4) is 0 Å². The predicted octanol–water partition coefficient (Wildman–Crippen LogP) is 0.703. The molecule has 0 heterocycles. The molecule has 4 heteroatoms. The zero-order valence-corrected chi connectivity index (χ0v) is 7.95. The molecule has 0 N–H and O–H groups in total. The minimum atomic E-state index is -0.329. The maximum absolute atomic E-state index is 11.2. The number of ketones is 1. The van der Waals surface area contributed by atoms with Crippen LogP contribution in [0, 0.1) is 22.7 Å². The van der Waals surface area contributed by atoms with E-state index in [-0.39, 0.29) is 24.9 Å². The molecule has 0 saturated carbocycles. The number of hydrogen-bond acceptors (Lipinski definition) is 4. The summed E-state index contributed by atoms with van der Waals surface area (Å²) in [5, 5.41) is 16.9. The molecule has 1 unspecified atom stereocenters. The second-order valence-electron chi connectivity index (χ2n) is 2.72. The highest BCUT2D eigenvalue weighted by molar-refractivity contribution is 5.83. The maximum Gasteiger partial charge on any atom is 0.149 e. The molecule has 0 bridgehead atoms. The third-order valence-electron chi connectivity index (χ3n) is 1.91. The molecule has 0 amide bonds. The average Bonchev–Trinajstić information content (AvgIpc) is 2.15. The van der Waals surface area contributed by atoms with E-state index < -0.39 is 0 Å². The molecule has 70 valence electrons. The minimum absolute atomic E-state index is 0.0606. The zero-order valence-electron chi connectivity index (χ0n) is 7.95. The fourth-order valence-corrected chi connectivity index (χ4v) is 1.01. The first-order valence-corrected chi connectivity index (χ1v) is 4.18. The van der Waals surface area contributed by atoms with Gasteiger partial charge in [-0.2, -0.15) is 10.5 Å². The normalized spacial score (nSPS) is 11.8. The molecule has 0 aromatic heterocycles. The maximum atomic E-state index is 11.2. The van der Waals surface area contributed by atoms with Crippen LogP contribution in [0.4, 0.5) is 0 Å². The Balaban J connectivity index is 4.29. The van der Waals surface area contributed by atoms with Crippen molar-refractivity contribution < 1.29 is 4.79 Å². The monoisotopic (exact) mass is 179 g/mol. The lowest BCUT2D eigenvalue weighted by atomic mass is 10.1. The topological polar surface area (TPSA) is 67.9 Å². The molecule has 0 aliphatic heterocycles.